The summed E-state index contributed by atoms with van der Waals surface area (Å²) in [5.74, 6) is 1.08. The molecule has 0 heterocycles. The minimum Gasteiger partial charge on any atom is -0.384 e. The van der Waals surface area contributed by atoms with E-state index in [1.54, 1.807) is 7.11 Å². The first-order valence-corrected chi connectivity index (χ1v) is 7.77. The molecule has 2 rings (SSSR count). The van der Waals surface area contributed by atoms with Gasteiger partial charge in [-0.1, -0.05) is 24.3 Å². The van der Waals surface area contributed by atoms with E-state index in [4.69, 9.17) is 4.74 Å². The van der Waals surface area contributed by atoms with Crippen LogP contribution in [0.15, 0.2) is 24.3 Å². The predicted octanol–water partition coefficient (Wildman–Crippen LogP) is 3.03. The van der Waals surface area contributed by atoms with Crippen LogP contribution in [0, 0.1) is 0 Å². The number of aryl methyl sites for hydroxylation is 1. The number of methoxy groups -OCH3 is 1. The summed E-state index contributed by atoms with van der Waals surface area (Å²) in [6.07, 6.45) is 3.80. The average molecular weight is 265 g/mol. The Bertz CT molecular complexity index is 369. The van der Waals surface area contributed by atoms with Crippen molar-refractivity contribution in [3.63, 3.8) is 0 Å². The van der Waals surface area contributed by atoms with Crippen LogP contribution in [0.2, 0.25) is 0 Å². The Hall–Kier alpha value is -0.510. The normalized spacial score (nSPS) is 23.4. The summed E-state index contributed by atoms with van der Waals surface area (Å²) in [4.78, 5) is 0. The molecule has 1 aliphatic rings. The second-order valence-corrected chi connectivity index (χ2v) is 6.11. The van der Waals surface area contributed by atoms with Crippen molar-refractivity contribution in [2.45, 2.75) is 30.6 Å². The second-order valence-electron chi connectivity index (χ2n) is 4.76. The van der Waals surface area contributed by atoms with Gasteiger partial charge >= 0.3 is 0 Å². The van der Waals surface area contributed by atoms with Gasteiger partial charge in [0.15, 0.2) is 0 Å². The molecule has 2 unspecified atom stereocenters. The average Bonchev–Trinajstić information content (AvgIpc) is 2.58. The van der Waals surface area contributed by atoms with E-state index in [-0.39, 0.29) is 0 Å². The Morgan fingerprint density at radius 1 is 1.39 bits per heavy atom. The number of hydrogen-bond donors (Lipinski definition) is 1. The fourth-order valence-corrected chi connectivity index (χ4v) is 4.10. The van der Waals surface area contributed by atoms with Gasteiger partial charge in [-0.2, -0.15) is 11.8 Å². The van der Waals surface area contributed by atoms with Crippen molar-refractivity contribution in [2.24, 2.45) is 0 Å². The molecule has 0 saturated heterocycles. The van der Waals surface area contributed by atoms with Crippen LogP contribution in [0.4, 0.5) is 0 Å². The third-order valence-electron chi connectivity index (χ3n) is 3.63. The van der Waals surface area contributed by atoms with E-state index in [1.165, 1.54) is 30.4 Å². The largest absolute Gasteiger partial charge is 0.384 e. The van der Waals surface area contributed by atoms with Crippen LogP contribution < -0.4 is 5.32 Å². The summed E-state index contributed by atoms with van der Waals surface area (Å²) < 4.78 is 5.16. The maximum atomic E-state index is 5.16. The number of benzene rings is 1. The van der Waals surface area contributed by atoms with E-state index >= 15 is 0 Å². The van der Waals surface area contributed by atoms with Crippen LogP contribution >= 0.6 is 11.8 Å². The topological polar surface area (TPSA) is 21.3 Å². The van der Waals surface area contributed by atoms with Crippen molar-refractivity contribution in [3.8, 4) is 0 Å². The van der Waals surface area contributed by atoms with E-state index in [9.17, 15) is 0 Å². The number of rotatable bonds is 5. The molecule has 0 aromatic heterocycles. The van der Waals surface area contributed by atoms with Gasteiger partial charge in [0.05, 0.1) is 6.61 Å². The van der Waals surface area contributed by atoms with Crippen molar-refractivity contribution in [3.05, 3.63) is 35.4 Å². The molecule has 0 bridgehead atoms. The Morgan fingerprint density at radius 2 is 2.22 bits per heavy atom. The first kappa shape index (κ1) is 13.9. The van der Waals surface area contributed by atoms with Gasteiger partial charge < -0.3 is 10.1 Å². The standard InChI is InChI=1S/C15H23NOS/c1-16-15-13-8-4-3-6-12(13)7-5-9-14(15)18-11-10-17-2/h3-4,6,8,14-16H,5,7,9-11H2,1-2H3. The molecule has 1 aromatic rings. The summed E-state index contributed by atoms with van der Waals surface area (Å²) in [5, 5.41) is 4.18. The molecule has 2 nitrogen and oxygen atoms in total. The number of ether oxygens (including phenoxy) is 1. The number of fused-ring (bicyclic) bond motifs is 1. The molecule has 3 heteroatoms. The summed E-state index contributed by atoms with van der Waals surface area (Å²) in [6, 6.07) is 9.36. The lowest BCUT2D eigenvalue weighted by atomic mass is 9.99. The van der Waals surface area contributed by atoms with Crippen LogP contribution in [0.3, 0.4) is 0 Å². The maximum Gasteiger partial charge on any atom is 0.0553 e. The van der Waals surface area contributed by atoms with Gasteiger partial charge in [-0.05, 0) is 37.4 Å². The molecule has 1 aromatic carbocycles. The van der Waals surface area contributed by atoms with E-state index < -0.39 is 0 Å². The lowest BCUT2D eigenvalue weighted by molar-refractivity contribution is 0.218. The monoisotopic (exact) mass is 265 g/mol. The third kappa shape index (κ3) is 3.28. The van der Waals surface area contributed by atoms with Crippen LogP contribution in [-0.2, 0) is 11.2 Å². The molecule has 100 valence electrons. The van der Waals surface area contributed by atoms with Gasteiger partial charge in [-0.25, -0.2) is 0 Å². The smallest absolute Gasteiger partial charge is 0.0553 e. The van der Waals surface area contributed by atoms with Gasteiger partial charge in [0.1, 0.15) is 0 Å². The number of thioether (sulfide) groups is 1. The highest BCUT2D eigenvalue weighted by atomic mass is 32.2. The van der Waals surface area contributed by atoms with Gasteiger partial charge in [-0.3, -0.25) is 0 Å². The summed E-state index contributed by atoms with van der Waals surface area (Å²) >= 11 is 2.04. The zero-order chi connectivity index (χ0) is 12.8. The van der Waals surface area contributed by atoms with Crippen molar-refractivity contribution >= 4 is 11.8 Å². The molecule has 0 spiro atoms. The Morgan fingerprint density at radius 3 is 3.00 bits per heavy atom. The summed E-state index contributed by atoms with van der Waals surface area (Å²) in [5.41, 5.74) is 3.01. The van der Waals surface area contributed by atoms with E-state index in [0.29, 0.717) is 11.3 Å². The summed E-state index contributed by atoms with van der Waals surface area (Å²) in [7, 11) is 3.86. The van der Waals surface area contributed by atoms with Crippen LogP contribution in [0.25, 0.3) is 0 Å². The Kier molecular flexibility index (Phi) is 5.54. The molecule has 1 aliphatic carbocycles. The number of hydrogen-bond acceptors (Lipinski definition) is 3. The highest BCUT2D eigenvalue weighted by Gasteiger charge is 2.26. The minimum atomic E-state index is 0.477. The third-order valence-corrected chi connectivity index (χ3v) is 4.97. The summed E-state index contributed by atoms with van der Waals surface area (Å²) in [6.45, 7) is 0.846. The molecule has 18 heavy (non-hydrogen) atoms. The Balaban J connectivity index is 2.12. The van der Waals surface area contributed by atoms with E-state index in [1.807, 2.05) is 11.8 Å². The van der Waals surface area contributed by atoms with Gasteiger partial charge in [0.2, 0.25) is 0 Å². The van der Waals surface area contributed by atoms with Crippen molar-refractivity contribution < 1.29 is 4.74 Å². The lowest BCUT2D eigenvalue weighted by Crippen LogP contribution is -2.27. The highest BCUT2D eigenvalue weighted by molar-refractivity contribution is 7.99. The fraction of sp³-hybridized carbons (Fsp3) is 0.600. The van der Waals surface area contributed by atoms with Crippen molar-refractivity contribution in [2.75, 3.05) is 26.5 Å². The molecular weight excluding hydrogens is 242 g/mol. The molecule has 2 atom stereocenters. The van der Waals surface area contributed by atoms with Crippen LogP contribution in [0.1, 0.15) is 30.0 Å². The minimum absolute atomic E-state index is 0.477. The molecule has 0 radical (unpaired) electrons. The molecule has 0 saturated carbocycles. The quantitative estimate of drug-likeness (QED) is 0.653. The first-order valence-electron chi connectivity index (χ1n) is 6.72. The molecule has 0 aliphatic heterocycles. The number of nitrogens with one attached hydrogen (secondary N) is 1. The molecule has 1 N–H and O–H groups in total. The second kappa shape index (κ2) is 7.17. The highest BCUT2D eigenvalue weighted by Crippen LogP contribution is 2.35. The van der Waals surface area contributed by atoms with Crippen molar-refractivity contribution in [1.29, 1.82) is 0 Å². The maximum absolute atomic E-state index is 5.16. The van der Waals surface area contributed by atoms with Gasteiger partial charge in [0.25, 0.3) is 0 Å². The van der Waals surface area contributed by atoms with Gasteiger partial charge in [-0.15, -0.1) is 0 Å². The van der Waals surface area contributed by atoms with E-state index in [2.05, 4.69) is 36.6 Å². The first-order chi connectivity index (χ1) is 8.86. The fourth-order valence-electron chi connectivity index (χ4n) is 2.73. The lowest BCUT2D eigenvalue weighted by Gasteiger charge is -2.26. The zero-order valence-corrected chi connectivity index (χ0v) is 12.1. The van der Waals surface area contributed by atoms with Crippen molar-refractivity contribution in [1.82, 2.24) is 5.32 Å². The van der Waals surface area contributed by atoms with Crippen LogP contribution in [0.5, 0.6) is 0 Å². The SMILES string of the molecule is CNC1c2ccccc2CCCC1SCCOC. The molecule has 0 amide bonds. The Labute approximate surface area is 114 Å². The van der Waals surface area contributed by atoms with E-state index in [0.717, 1.165) is 12.4 Å². The molecule has 0 fully saturated rings. The predicted molar refractivity (Wildman–Crippen MR) is 79.3 cm³/mol. The molecular formula is C15H23NOS. The zero-order valence-electron chi connectivity index (χ0n) is 11.3. The van der Waals surface area contributed by atoms with Gasteiger partial charge in [0, 0.05) is 24.2 Å². The van der Waals surface area contributed by atoms with Crippen LogP contribution in [-0.4, -0.2) is 31.8 Å².